The molecule has 0 atom stereocenters. The van der Waals surface area contributed by atoms with E-state index in [2.05, 4.69) is 15.1 Å². The van der Waals surface area contributed by atoms with Crippen molar-refractivity contribution in [3.63, 3.8) is 0 Å². The van der Waals surface area contributed by atoms with Crippen LogP contribution in [-0.2, 0) is 17.5 Å². The topological polar surface area (TPSA) is 118 Å². The van der Waals surface area contributed by atoms with Crippen LogP contribution in [0.3, 0.4) is 0 Å². The number of rotatable bonds is 8. The van der Waals surface area contributed by atoms with E-state index < -0.39 is 53.6 Å². The minimum absolute atomic E-state index is 0.0858. The minimum atomic E-state index is -4.97. The van der Waals surface area contributed by atoms with E-state index in [4.69, 9.17) is 34.8 Å². The predicted octanol–water partition coefficient (Wildman–Crippen LogP) is 6.05. The second kappa shape index (κ2) is 11.8. The molecule has 0 unspecified atom stereocenters. The largest absolute Gasteiger partial charge is 0.481 e. The average molecular weight is 625 g/mol. The molecular formula is C23H19Cl3F3N5O4S. The first-order chi connectivity index (χ1) is 18.4. The van der Waals surface area contributed by atoms with Crippen LogP contribution < -0.4 is 0 Å². The fourth-order valence-corrected chi connectivity index (χ4v) is 5.84. The standard InChI is InChI=1S/C23H19Cl3F3N5O4S/c24-15-6-30-7-16(25)18(15)17(35)9-33(8-12-10-39-22(26)32-12)20(36)14-5-31-34(19(14)23(27,28)29)13-3-1-11(2-4-13)21(37)38/h5-7,10-11,13H,1-4,8-9H2,(H,37,38). The molecule has 16 heteroatoms. The molecule has 4 rings (SSSR count). The lowest BCUT2D eigenvalue weighted by Gasteiger charge is -2.28. The molecule has 0 saturated heterocycles. The lowest BCUT2D eigenvalue weighted by atomic mass is 9.86. The summed E-state index contributed by atoms with van der Waals surface area (Å²) in [5, 5.41) is 14.4. The molecule has 1 aliphatic carbocycles. The van der Waals surface area contributed by atoms with Gasteiger partial charge in [0.2, 0.25) is 0 Å². The van der Waals surface area contributed by atoms with E-state index in [1.807, 2.05) is 0 Å². The van der Waals surface area contributed by atoms with Crippen molar-refractivity contribution < 1.29 is 32.7 Å². The van der Waals surface area contributed by atoms with Gasteiger partial charge in [-0.15, -0.1) is 11.3 Å². The number of Topliss-reactive ketones (excluding diaryl/α,β-unsaturated/α-hetero) is 1. The number of pyridine rings is 1. The zero-order valence-electron chi connectivity index (χ0n) is 19.8. The highest BCUT2D eigenvalue weighted by molar-refractivity contribution is 7.13. The molecule has 1 saturated carbocycles. The molecule has 1 fully saturated rings. The lowest BCUT2D eigenvalue weighted by Crippen LogP contribution is -2.37. The van der Waals surface area contributed by atoms with Crippen molar-refractivity contribution in [2.75, 3.05) is 6.54 Å². The summed E-state index contributed by atoms with van der Waals surface area (Å²) in [5.41, 5.74) is -1.92. The third kappa shape index (κ3) is 6.53. The Bertz CT molecular complexity index is 1390. The van der Waals surface area contributed by atoms with E-state index >= 15 is 0 Å². The van der Waals surface area contributed by atoms with Gasteiger partial charge in [0.1, 0.15) is 0 Å². The summed E-state index contributed by atoms with van der Waals surface area (Å²) in [4.78, 5) is 46.7. The SMILES string of the molecule is O=C(CN(Cc1csc(Cl)n1)C(=O)c1cnn(C2CCC(C(=O)O)CC2)c1C(F)(F)F)c1c(Cl)cncc1Cl. The normalized spacial score (nSPS) is 17.7. The zero-order chi connectivity index (χ0) is 28.5. The van der Waals surface area contributed by atoms with Gasteiger partial charge in [-0.2, -0.15) is 18.3 Å². The van der Waals surface area contributed by atoms with Crippen molar-refractivity contribution >= 4 is 63.8 Å². The number of hydrogen-bond donors (Lipinski definition) is 1. The summed E-state index contributed by atoms with van der Waals surface area (Å²) < 4.78 is 43.9. The van der Waals surface area contributed by atoms with Gasteiger partial charge in [0.25, 0.3) is 5.91 Å². The van der Waals surface area contributed by atoms with E-state index in [-0.39, 0.29) is 58.0 Å². The number of ketones is 1. The Balaban J connectivity index is 1.69. The molecule has 0 radical (unpaired) electrons. The number of halogens is 6. The Morgan fingerprint density at radius 3 is 2.26 bits per heavy atom. The van der Waals surface area contributed by atoms with Crippen LogP contribution in [0.25, 0.3) is 0 Å². The van der Waals surface area contributed by atoms with Gasteiger partial charge in [-0.05, 0) is 25.7 Å². The van der Waals surface area contributed by atoms with Crippen molar-refractivity contribution in [3.05, 3.63) is 61.0 Å². The molecule has 9 nitrogen and oxygen atoms in total. The van der Waals surface area contributed by atoms with Crippen molar-refractivity contribution in [2.24, 2.45) is 5.92 Å². The summed E-state index contributed by atoms with van der Waals surface area (Å²) in [6, 6.07) is -0.749. The Morgan fingerprint density at radius 2 is 1.72 bits per heavy atom. The minimum Gasteiger partial charge on any atom is -0.481 e. The molecule has 1 N–H and O–H groups in total. The van der Waals surface area contributed by atoms with Crippen LogP contribution in [-0.4, -0.2) is 54.0 Å². The maximum atomic E-state index is 14.3. The Kier molecular flexibility index (Phi) is 8.84. The fraction of sp³-hybridized carbons (Fsp3) is 0.391. The van der Waals surface area contributed by atoms with Gasteiger partial charge >= 0.3 is 12.1 Å². The Hall–Kier alpha value is -2.74. The third-order valence-electron chi connectivity index (χ3n) is 6.32. The van der Waals surface area contributed by atoms with Gasteiger partial charge < -0.3 is 10.0 Å². The number of carbonyl (C=O) groups excluding carboxylic acids is 2. The highest BCUT2D eigenvalue weighted by atomic mass is 35.5. The van der Waals surface area contributed by atoms with Gasteiger partial charge in [-0.3, -0.25) is 24.0 Å². The monoisotopic (exact) mass is 623 g/mol. The molecular weight excluding hydrogens is 606 g/mol. The molecule has 208 valence electrons. The maximum Gasteiger partial charge on any atom is 0.433 e. The van der Waals surface area contributed by atoms with Crippen LogP contribution >= 0.6 is 46.1 Å². The zero-order valence-corrected chi connectivity index (χ0v) is 22.9. The maximum absolute atomic E-state index is 14.3. The smallest absolute Gasteiger partial charge is 0.433 e. The second-order valence-electron chi connectivity index (χ2n) is 8.85. The van der Waals surface area contributed by atoms with E-state index in [0.717, 1.165) is 27.1 Å². The number of carboxylic acids is 1. The molecule has 0 spiro atoms. The number of aliphatic carboxylic acids is 1. The van der Waals surface area contributed by atoms with Gasteiger partial charge in [0.15, 0.2) is 15.9 Å². The van der Waals surface area contributed by atoms with E-state index in [1.165, 1.54) is 17.8 Å². The highest BCUT2D eigenvalue weighted by Gasteiger charge is 2.43. The van der Waals surface area contributed by atoms with Crippen LogP contribution in [0.4, 0.5) is 13.2 Å². The van der Waals surface area contributed by atoms with E-state index in [9.17, 15) is 32.7 Å². The molecule has 39 heavy (non-hydrogen) atoms. The first-order valence-electron chi connectivity index (χ1n) is 11.5. The van der Waals surface area contributed by atoms with Crippen LogP contribution in [0.2, 0.25) is 14.5 Å². The Labute approximate surface area is 238 Å². The number of thiazole rings is 1. The number of nitrogens with zero attached hydrogens (tertiary/aromatic N) is 5. The van der Waals surface area contributed by atoms with Crippen molar-refractivity contribution in [2.45, 2.75) is 44.4 Å². The summed E-state index contributed by atoms with van der Waals surface area (Å²) in [6.45, 7) is -1.01. The number of carboxylic acid groups (broad SMARTS) is 1. The first kappa shape index (κ1) is 29.2. The van der Waals surface area contributed by atoms with E-state index in [1.54, 1.807) is 0 Å². The van der Waals surface area contributed by atoms with E-state index in [0.29, 0.717) is 0 Å². The second-order valence-corrected chi connectivity index (χ2v) is 11.1. The molecule has 0 aromatic carbocycles. The van der Waals surface area contributed by atoms with Gasteiger partial charge in [-0.25, -0.2) is 4.98 Å². The van der Waals surface area contributed by atoms with Crippen LogP contribution in [0.1, 0.15) is 63.8 Å². The first-order valence-corrected chi connectivity index (χ1v) is 13.5. The van der Waals surface area contributed by atoms with Gasteiger partial charge in [0, 0.05) is 17.8 Å². The Morgan fingerprint density at radius 1 is 1.08 bits per heavy atom. The molecule has 0 aliphatic heterocycles. The van der Waals surface area contributed by atoms with Crippen molar-refractivity contribution in [1.29, 1.82) is 0 Å². The highest BCUT2D eigenvalue weighted by Crippen LogP contribution is 2.39. The van der Waals surface area contributed by atoms with Crippen molar-refractivity contribution in [3.8, 4) is 0 Å². The lowest BCUT2D eigenvalue weighted by molar-refractivity contribution is -0.147. The number of aromatic nitrogens is 4. The number of hydrogen-bond acceptors (Lipinski definition) is 7. The predicted molar refractivity (Wildman–Crippen MR) is 136 cm³/mol. The summed E-state index contributed by atoms with van der Waals surface area (Å²) in [7, 11) is 0. The van der Waals surface area contributed by atoms with Crippen LogP contribution in [0, 0.1) is 5.92 Å². The molecule has 3 aromatic rings. The van der Waals surface area contributed by atoms with Gasteiger partial charge in [0.05, 0.1) is 58.1 Å². The average Bonchev–Trinajstić information content (AvgIpc) is 3.49. The van der Waals surface area contributed by atoms with Crippen molar-refractivity contribution in [1.82, 2.24) is 24.6 Å². The van der Waals surface area contributed by atoms with Crippen LogP contribution in [0.15, 0.2) is 24.0 Å². The molecule has 3 aromatic heterocycles. The molecule has 1 aliphatic rings. The summed E-state index contributed by atoms with van der Waals surface area (Å²) >= 11 is 19.1. The fourth-order valence-electron chi connectivity index (χ4n) is 4.50. The number of alkyl halides is 3. The third-order valence-corrected chi connectivity index (χ3v) is 7.92. The quantitative estimate of drug-likeness (QED) is 0.303. The van der Waals surface area contributed by atoms with Gasteiger partial charge in [-0.1, -0.05) is 34.8 Å². The summed E-state index contributed by atoms with van der Waals surface area (Å²) in [5.74, 6) is -3.50. The number of carbonyl (C=O) groups is 3. The molecule has 1 amide bonds. The molecule has 3 heterocycles. The number of amides is 1. The van der Waals surface area contributed by atoms with Crippen LogP contribution in [0.5, 0.6) is 0 Å². The summed E-state index contributed by atoms with van der Waals surface area (Å²) in [6.07, 6.45) is -1.15. The molecule has 0 bridgehead atoms.